The van der Waals surface area contributed by atoms with Crippen molar-refractivity contribution in [1.82, 2.24) is 20.3 Å². The van der Waals surface area contributed by atoms with Crippen molar-refractivity contribution in [2.24, 2.45) is 0 Å². The second kappa shape index (κ2) is 9.41. The Bertz CT molecular complexity index is 861. The number of piperidine rings is 1. The maximum absolute atomic E-state index is 13.3. The van der Waals surface area contributed by atoms with Crippen molar-refractivity contribution in [2.45, 2.75) is 83.5 Å². The molecule has 0 saturated carbocycles. The number of nitrogens with zero attached hydrogens (tertiary/aromatic N) is 2. The average Bonchev–Trinajstić information content (AvgIpc) is 3.25. The van der Waals surface area contributed by atoms with Crippen LogP contribution in [0, 0.1) is 0 Å². The largest absolute Gasteiger partial charge is 0.308 e. The molecular formula is C24H36N4O. The van der Waals surface area contributed by atoms with Crippen molar-refractivity contribution in [3.63, 3.8) is 0 Å². The number of rotatable bonds is 7. The van der Waals surface area contributed by atoms with Crippen molar-refractivity contribution < 1.29 is 0 Å². The van der Waals surface area contributed by atoms with Crippen LogP contribution in [0.3, 0.4) is 0 Å². The first kappa shape index (κ1) is 20.6. The van der Waals surface area contributed by atoms with Gasteiger partial charge < -0.3 is 4.57 Å². The molecule has 2 N–H and O–H groups in total. The molecule has 29 heavy (non-hydrogen) atoms. The van der Waals surface area contributed by atoms with Crippen LogP contribution >= 0.6 is 0 Å². The normalized spacial score (nSPS) is 25.7. The number of likely N-dealkylation sites (tertiary alicyclic amines) is 1. The summed E-state index contributed by atoms with van der Waals surface area (Å²) in [6, 6.07) is 11.9. The van der Waals surface area contributed by atoms with Crippen LogP contribution in [0.4, 0.5) is 0 Å². The van der Waals surface area contributed by atoms with E-state index in [9.17, 15) is 4.79 Å². The summed E-state index contributed by atoms with van der Waals surface area (Å²) in [7, 11) is 0. The number of hydrazine groups is 1. The van der Waals surface area contributed by atoms with Crippen molar-refractivity contribution in [3.05, 3.63) is 46.2 Å². The van der Waals surface area contributed by atoms with Crippen LogP contribution in [0.2, 0.25) is 0 Å². The lowest BCUT2D eigenvalue weighted by Crippen LogP contribution is -2.44. The highest BCUT2D eigenvalue weighted by molar-refractivity contribution is 5.79. The first-order chi connectivity index (χ1) is 14.1. The van der Waals surface area contributed by atoms with Gasteiger partial charge >= 0.3 is 0 Å². The summed E-state index contributed by atoms with van der Waals surface area (Å²) < 4.78 is 2.01. The topological polar surface area (TPSA) is 49.3 Å². The monoisotopic (exact) mass is 396 g/mol. The number of unbranched alkanes of at least 4 members (excludes halogenated alkanes) is 2. The second-order valence-electron chi connectivity index (χ2n) is 8.96. The zero-order valence-electron chi connectivity index (χ0n) is 18.0. The molecule has 2 saturated heterocycles. The molecule has 0 aliphatic carbocycles. The van der Waals surface area contributed by atoms with E-state index in [0.29, 0.717) is 0 Å². The number of pyridine rings is 1. The molecule has 4 rings (SSSR count). The van der Waals surface area contributed by atoms with E-state index in [1.54, 1.807) is 0 Å². The van der Waals surface area contributed by atoms with Crippen LogP contribution in [-0.2, 0) is 6.54 Å². The third-order valence-corrected chi connectivity index (χ3v) is 6.91. The van der Waals surface area contributed by atoms with E-state index in [1.165, 1.54) is 38.6 Å². The Balaban J connectivity index is 1.42. The zero-order valence-corrected chi connectivity index (χ0v) is 18.0. The number of fused-ring (bicyclic) bond motifs is 1. The van der Waals surface area contributed by atoms with E-state index in [0.717, 1.165) is 54.5 Å². The maximum atomic E-state index is 13.3. The SMILES string of the molecule is C[C@@H]1CCC[C@H](C)N1CCCCCn1c(=O)c(C2CCNN2)cc2ccccc21. The van der Waals surface area contributed by atoms with Crippen LogP contribution in [0.15, 0.2) is 35.1 Å². The van der Waals surface area contributed by atoms with E-state index in [4.69, 9.17) is 0 Å². The predicted octanol–water partition coefficient (Wildman–Crippen LogP) is 3.97. The number of aryl methyl sites for hydroxylation is 1. The number of benzene rings is 1. The summed E-state index contributed by atoms with van der Waals surface area (Å²) >= 11 is 0. The Morgan fingerprint density at radius 1 is 1.00 bits per heavy atom. The highest BCUT2D eigenvalue weighted by Gasteiger charge is 2.24. The lowest BCUT2D eigenvalue weighted by Gasteiger charge is -2.39. The van der Waals surface area contributed by atoms with Crippen LogP contribution in [-0.4, -0.2) is 34.6 Å². The van der Waals surface area contributed by atoms with Gasteiger partial charge in [-0.2, -0.15) is 0 Å². The molecule has 5 heteroatoms. The van der Waals surface area contributed by atoms with Gasteiger partial charge in [-0.25, -0.2) is 0 Å². The summed E-state index contributed by atoms with van der Waals surface area (Å²) in [4.78, 5) is 15.9. The summed E-state index contributed by atoms with van der Waals surface area (Å²) in [5.74, 6) is 0. The van der Waals surface area contributed by atoms with Crippen molar-refractivity contribution in [2.75, 3.05) is 13.1 Å². The summed E-state index contributed by atoms with van der Waals surface area (Å²) in [5, 5.41) is 1.16. The minimum atomic E-state index is 0.112. The first-order valence-electron chi connectivity index (χ1n) is 11.5. The van der Waals surface area contributed by atoms with Crippen molar-refractivity contribution >= 4 is 10.9 Å². The molecule has 2 fully saturated rings. The molecule has 2 aromatic rings. The predicted molar refractivity (Wildman–Crippen MR) is 120 cm³/mol. The molecule has 158 valence electrons. The highest BCUT2D eigenvalue weighted by atomic mass is 16.1. The molecule has 1 unspecified atom stereocenters. The average molecular weight is 397 g/mol. The molecule has 3 atom stereocenters. The van der Waals surface area contributed by atoms with Crippen LogP contribution in [0.5, 0.6) is 0 Å². The number of hydrogen-bond donors (Lipinski definition) is 2. The van der Waals surface area contributed by atoms with E-state index in [2.05, 4.69) is 53.9 Å². The Morgan fingerprint density at radius 2 is 1.76 bits per heavy atom. The smallest absolute Gasteiger partial charge is 0.255 e. The number of nitrogens with one attached hydrogen (secondary N) is 2. The maximum Gasteiger partial charge on any atom is 0.255 e. The molecule has 3 heterocycles. The van der Waals surface area contributed by atoms with Gasteiger partial charge in [-0.05, 0) is 70.0 Å². The Labute approximate surface area is 174 Å². The lowest BCUT2D eigenvalue weighted by molar-refractivity contribution is 0.101. The van der Waals surface area contributed by atoms with Gasteiger partial charge in [0.05, 0.1) is 11.6 Å². The fourth-order valence-electron chi connectivity index (χ4n) is 5.20. The highest BCUT2D eigenvalue weighted by Crippen LogP contribution is 2.23. The van der Waals surface area contributed by atoms with E-state index in [1.807, 2.05) is 10.6 Å². The zero-order chi connectivity index (χ0) is 20.2. The standard InChI is InChI=1S/C24H36N4O/c1-18-9-8-10-19(2)27(18)15-6-3-7-16-28-23-12-5-4-11-20(23)17-21(24(28)29)22-13-14-25-26-22/h4-5,11-12,17-19,22,25-26H,3,6-10,13-16H2,1-2H3/t18-,19+,22?. The van der Waals surface area contributed by atoms with Gasteiger partial charge in [0.1, 0.15) is 0 Å². The first-order valence-corrected chi connectivity index (χ1v) is 11.5. The van der Waals surface area contributed by atoms with Crippen LogP contribution in [0.25, 0.3) is 10.9 Å². The fraction of sp³-hybridized carbons (Fsp3) is 0.625. The third kappa shape index (κ3) is 4.57. The number of aromatic nitrogens is 1. The molecule has 1 aromatic heterocycles. The number of hydrogen-bond acceptors (Lipinski definition) is 4. The van der Waals surface area contributed by atoms with Crippen molar-refractivity contribution in [3.8, 4) is 0 Å². The second-order valence-corrected chi connectivity index (χ2v) is 8.96. The molecule has 0 bridgehead atoms. The molecule has 2 aliphatic rings. The summed E-state index contributed by atoms with van der Waals surface area (Å²) in [6.45, 7) is 7.65. The fourth-order valence-corrected chi connectivity index (χ4v) is 5.20. The lowest BCUT2D eigenvalue weighted by atomic mass is 9.97. The van der Waals surface area contributed by atoms with Crippen LogP contribution in [0.1, 0.15) is 70.4 Å². The molecule has 2 aliphatic heterocycles. The van der Waals surface area contributed by atoms with E-state index < -0.39 is 0 Å². The quantitative estimate of drug-likeness (QED) is 0.695. The minimum absolute atomic E-state index is 0.112. The van der Waals surface area contributed by atoms with Gasteiger partial charge in [-0.3, -0.25) is 20.5 Å². The minimum Gasteiger partial charge on any atom is -0.308 e. The van der Waals surface area contributed by atoms with Gasteiger partial charge in [-0.1, -0.05) is 31.0 Å². The third-order valence-electron chi connectivity index (χ3n) is 6.91. The molecular weight excluding hydrogens is 360 g/mol. The van der Waals surface area contributed by atoms with E-state index >= 15 is 0 Å². The molecule has 1 aromatic carbocycles. The number of para-hydroxylation sites is 1. The molecule has 0 spiro atoms. The van der Waals surface area contributed by atoms with Gasteiger partial charge in [0, 0.05) is 30.7 Å². The summed E-state index contributed by atoms with van der Waals surface area (Å²) in [5.41, 5.74) is 8.54. The van der Waals surface area contributed by atoms with Crippen molar-refractivity contribution in [1.29, 1.82) is 0 Å². The van der Waals surface area contributed by atoms with Gasteiger partial charge in [0.2, 0.25) is 0 Å². The van der Waals surface area contributed by atoms with Gasteiger partial charge in [0.25, 0.3) is 5.56 Å². The van der Waals surface area contributed by atoms with Crippen LogP contribution < -0.4 is 16.4 Å². The Kier molecular flexibility index (Phi) is 6.68. The van der Waals surface area contributed by atoms with Gasteiger partial charge in [-0.15, -0.1) is 0 Å². The molecule has 0 radical (unpaired) electrons. The molecule has 5 nitrogen and oxygen atoms in total. The molecule has 0 amide bonds. The van der Waals surface area contributed by atoms with Gasteiger partial charge in [0.15, 0.2) is 0 Å². The summed E-state index contributed by atoms with van der Waals surface area (Å²) in [6.07, 6.45) is 8.45. The Hall–Kier alpha value is -1.69. The van der Waals surface area contributed by atoms with E-state index in [-0.39, 0.29) is 11.6 Å². The Morgan fingerprint density at radius 3 is 2.52 bits per heavy atom.